The molecule has 0 amide bonds. The van der Waals surface area contributed by atoms with E-state index in [0.29, 0.717) is 6.61 Å². The predicted molar refractivity (Wildman–Crippen MR) is 64.0 cm³/mol. The van der Waals surface area contributed by atoms with Gasteiger partial charge in [-0.15, -0.1) is 6.58 Å². The Kier molecular flexibility index (Phi) is 3.17. The molecular formula is C14H20O2. The molecule has 16 heavy (non-hydrogen) atoms. The van der Waals surface area contributed by atoms with E-state index in [0.717, 1.165) is 31.3 Å². The zero-order chi connectivity index (χ0) is 11.6. The Morgan fingerprint density at radius 2 is 2.31 bits per heavy atom. The second-order valence-corrected chi connectivity index (χ2v) is 4.80. The molecule has 0 aromatic rings. The number of allylic oxidation sites excluding steroid dienone is 2. The Labute approximate surface area is 97.4 Å². The minimum absolute atomic E-state index is 0.0784. The third-order valence-corrected chi connectivity index (χ3v) is 4.00. The van der Waals surface area contributed by atoms with Crippen LogP contribution in [0.15, 0.2) is 23.8 Å². The first kappa shape index (κ1) is 11.4. The molecule has 1 unspecified atom stereocenters. The molecule has 1 atom stereocenters. The highest BCUT2D eigenvalue weighted by Gasteiger charge is 2.44. The van der Waals surface area contributed by atoms with Gasteiger partial charge in [0.25, 0.3) is 0 Å². The van der Waals surface area contributed by atoms with Gasteiger partial charge >= 0.3 is 5.97 Å². The molecule has 0 aromatic heterocycles. The zero-order valence-corrected chi connectivity index (χ0v) is 10.1. The van der Waals surface area contributed by atoms with Gasteiger partial charge in [0.1, 0.15) is 0 Å². The van der Waals surface area contributed by atoms with E-state index in [1.807, 2.05) is 13.0 Å². The van der Waals surface area contributed by atoms with Crippen molar-refractivity contribution >= 4 is 5.97 Å². The Hall–Kier alpha value is -1.05. The van der Waals surface area contributed by atoms with Gasteiger partial charge < -0.3 is 4.74 Å². The molecule has 1 fully saturated rings. The highest BCUT2D eigenvalue weighted by molar-refractivity contribution is 5.90. The van der Waals surface area contributed by atoms with Crippen LogP contribution in [0.2, 0.25) is 0 Å². The van der Waals surface area contributed by atoms with Crippen LogP contribution in [0.1, 0.15) is 45.4 Å². The van der Waals surface area contributed by atoms with Gasteiger partial charge in [-0.05, 0) is 50.9 Å². The largest absolute Gasteiger partial charge is 0.463 e. The SMILES string of the molecule is C=CCC12CCCC1=C(C(=O)OCC)CC2. The van der Waals surface area contributed by atoms with Crippen molar-refractivity contribution in [2.75, 3.05) is 6.61 Å². The maximum absolute atomic E-state index is 11.8. The van der Waals surface area contributed by atoms with Gasteiger partial charge in [-0.3, -0.25) is 0 Å². The van der Waals surface area contributed by atoms with Crippen LogP contribution in [0.5, 0.6) is 0 Å². The van der Waals surface area contributed by atoms with Crippen LogP contribution in [0.3, 0.4) is 0 Å². The van der Waals surface area contributed by atoms with Gasteiger partial charge in [0.2, 0.25) is 0 Å². The highest BCUT2D eigenvalue weighted by Crippen LogP contribution is 2.55. The number of carbonyl (C=O) groups excluding carboxylic acids is 1. The van der Waals surface area contributed by atoms with Crippen LogP contribution < -0.4 is 0 Å². The minimum atomic E-state index is -0.0784. The molecule has 2 nitrogen and oxygen atoms in total. The first-order valence-corrected chi connectivity index (χ1v) is 6.24. The van der Waals surface area contributed by atoms with Gasteiger partial charge in [0.05, 0.1) is 6.61 Å². The van der Waals surface area contributed by atoms with E-state index in [4.69, 9.17) is 4.74 Å². The molecule has 0 spiro atoms. The number of rotatable bonds is 4. The topological polar surface area (TPSA) is 26.3 Å². The van der Waals surface area contributed by atoms with Crippen molar-refractivity contribution in [3.63, 3.8) is 0 Å². The number of carbonyl (C=O) groups is 1. The molecule has 0 heterocycles. The molecule has 2 rings (SSSR count). The average molecular weight is 220 g/mol. The summed E-state index contributed by atoms with van der Waals surface area (Å²) >= 11 is 0. The Morgan fingerprint density at radius 1 is 1.50 bits per heavy atom. The summed E-state index contributed by atoms with van der Waals surface area (Å²) in [7, 11) is 0. The van der Waals surface area contributed by atoms with Crippen molar-refractivity contribution in [3.8, 4) is 0 Å². The standard InChI is InChI=1S/C14H20O2/c1-3-8-14-9-5-6-12(14)11(7-10-14)13(15)16-4-2/h3H,1,4-10H2,2H3. The summed E-state index contributed by atoms with van der Waals surface area (Å²) in [5, 5.41) is 0. The van der Waals surface area contributed by atoms with Crippen LogP contribution in [0.25, 0.3) is 0 Å². The van der Waals surface area contributed by atoms with E-state index in [-0.39, 0.29) is 11.4 Å². The van der Waals surface area contributed by atoms with Gasteiger partial charge in [-0.25, -0.2) is 4.79 Å². The smallest absolute Gasteiger partial charge is 0.333 e. The fourth-order valence-corrected chi connectivity index (χ4v) is 3.33. The van der Waals surface area contributed by atoms with E-state index in [9.17, 15) is 4.79 Å². The number of hydrogen-bond acceptors (Lipinski definition) is 2. The molecule has 2 aliphatic rings. The van der Waals surface area contributed by atoms with E-state index in [1.165, 1.54) is 18.4 Å². The fraction of sp³-hybridized carbons (Fsp3) is 0.643. The van der Waals surface area contributed by atoms with Gasteiger partial charge in [0, 0.05) is 5.57 Å². The van der Waals surface area contributed by atoms with Gasteiger partial charge in [-0.1, -0.05) is 11.6 Å². The van der Waals surface area contributed by atoms with E-state index >= 15 is 0 Å². The Balaban J connectivity index is 2.26. The monoisotopic (exact) mass is 220 g/mol. The van der Waals surface area contributed by atoms with Crippen molar-refractivity contribution in [1.29, 1.82) is 0 Å². The lowest BCUT2D eigenvalue weighted by atomic mass is 9.80. The summed E-state index contributed by atoms with van der Waals surface area (Å²) < 4.78 is 5.13. The molecule has 1 saturated carbocycles. The molecule has 0 aromatic carbocycles. The zero-order valence-electron chi connectivity index (χ0n) is 10.1. The first-order chi connectivity index (χ1) is 7.73. The summed E-state index contributed by atoms with van der Waals surface area (Å²) in [6, 6.07) is 0. The third-order valence-electron chi connectivity index (χ3n) is 4.00. The maximum Gasteiger partial charge on any atom is 0.333 e. The lowest BCUT2D eigenvalue weighted by molar-refractivity contribution is -0.138. The fourth-order valence-electron chi connectivity index (χ4n) is 3.33. The summed E-state index contributed by atoms with van der Waals surface area (Å²) in [6.45, 7) is 6.19. The summed E-state index contributed by atoms with van der Waals surface area (Å²) in [4.78, 5) is 11.8. The summed E-state index contributed by atoms with van der Waals surface area (Å²) in [6.07, 6.45) is 8.56. The number of fused-ring (bicyclic) bond motifs is 1. The summed E-state index contributed by atoms with van der Waals surface area (Å²) in [5.74, 6) is -0.0784. The van der Waals surface area contributed by atoms with Crippen molar-refractivity contribution in [2.45, 2.75) is 45.4 Å². The Bertz CT molecular complexity index is 341. The highest BCUT2D eigenvalue weighted by atomic mass is 16.5. The maximum atomic E-state index is 11.8. The predicted octanol–water partition coefficient (Wildman–Crippen LogP) is 3.39. The van der Waals surface area contributed by atoms with Crippen molar-refractivity contribution in [2.24, 2.45) is 5.41 Å². The molecule has 2 heteroatoms. The van der Waals surface area contributed by atoms with Crippen molar-refractivity contribution in [1.82, 2.24) is 0 Å². The quantitative estimate of drug-likeness (QED) is 0.536. The Morgan fingerprint density at radius 3 is 3.00 bits per heavy atom. The average Bonchev–Trinajstić information content (AvgIpc) is 2.76. The number of esters is 1. The van der Waals surface area contributed by atoms with Crippen molar-refractivity contribution in [3.05, 3.63) is 23.8 Å². The van der Waals surface area contributed by atoms with E-state index < -0.39 is 0 Å². The minimum Gasteiger partial charge on any atom is -0.463 e. The molecular weight excluding hydrogens is 200 g/mol. The molecule has 0 saturated heterocycles. The lowest BCUT2D eigenvalue weighted by Crippen LogP contribution is -2.14. The number of ether oxygens (including phenoxy) is 1. The third kappa shape index (κ3) is 1.70. The summed E-state index contributed by atoms with van der Waals surface area (Å²) in [5.41, 5.74) is 2.62. The molecule has 0 radical (unpaired) electrons. The van der Waals surface area contributed by atoms with E-state index in [1.54, 1.807) is 0 Å². The van der Waals surface area contributed by atoms with Crippen molar-refractivity contribution < 1.29 is 9.53 Å². The normalized spacial score (nSPS) is 28.1. The second-order valence-electron chi connectivity index (χ2n) is 4.80. The van der Waals surface area contributed by atoms with Crippen LogP contribution in [-0.2, 0) is 9.53 Å². The molecule has 2 aliphatic carbocycles. The van der Waals surface area contributed by atoms with Crippen LogP contribution in [-0.4, -0.2) is 12.6 Å². The van der Waals surface area contributed by atoms with Gasteiger partial charge in [-0.2, -0.15) is 0 Å². The molecule has 0 aliphatic heterocycles. The first-order valence-electron chi connectivity index (χ1n) is 6.24. The van der Waals surface area contributed by atoms with Crippen LogP contribution >= 0.6 is 0 Å². The van der Waals surface area contributed by atoms with Crippen LogP contribution in [0, 0.1) is 5.41 Å². The van der Waals surface area contributed by atoms with Crippen LogP contribution in [0.4, 0.5) is 0 Å². The molecule has 0 N–H and O–H groups in total. The lowest BCUT2D eigenvalue weighted by Gasteiger charge is -2.24. The molecule has 0 bridgehead atoms. The number of hydrogen-bond donors (Lipinski definition) is 0. The van der Waals surface area contributed by atoms with E-state index in [2.05, 4.69) is 6.58 Å². The second kappa shape index (κ2) is 4.44. The van der Waals surface area contributed by atoms with Gasteiger partial charge in [0.15, 0.2) is 0 Å². The molecule has 88 valence electrons.